The molecule has 0 radical (unpaired) electrons. The third kappa shape index (κ3) is 69.3. The Labute approximate surface area is 831 Å². The third-order valence-corrected chi connectivity index (χ3v) is 20.6. The highest BCUT2D eigenvalue weighted by Crippen LogP contribution is 2.55. The number of carbonyl (C=O) groups is 2. The number of unbranched alkanes of at least 4 members (excludes halogenated alkanes) is 1. The van der Waals surface area contributed by atoms with E-state index in [9.17, 15) is 9.59 Å². The van der Waals surface area contributed by atoms with Crippen molar-refractivity contribution in [1.82, 2.24) is 5.32 Å². The van der Waals surface area contributed by atoms with Crippen LogP contribution in [0, 0.1) is 0 Å². The van der Waals surface area contributed by atoms with E-state index < -0.39 is 11.4 Å². The van der Waals surface area contributed by atoms with Gasteiger partial charge in [0.2, 0.25) is 5.91 Å². The zero-order chi connectivity index (χ0) is 99.0. The van der Waals surface area contributed by atoms with Crippen molar-refractivity contribution in [2.24, 2.45) is 0 Å². The number of nitrogens with one attached hydrogen (secondary N) is 1. The van der Waals surface area contributed by atoms with Gasteiger partial charge in [0.1, 0.15) is 18.1 Å². The van der Waals surface area contributed by atoms with E-state index in [1.807, 2.05) is 24.3 Å². The first-order valence-electron chi connectivity index (χ1n) is 49.9. The van der Waals surface area contributed by atoms with Gasteiger partial charge in [-0.2, -0.15) is 0 Å². The van der Waals surface area contributed by atoms with E-state index in [1.165, 1.54) is 29.2 Å². The number of carboxylic acids is 1. The molecule has 0 heterocycles. The van der Waals surface area contributed by atoms with Crippen molar-refractivity contribution in [3.05, 3.63) is 96.1 Å². The topological polar surface area (TPSA) is 380 Å². The van der Waals surface area contributed by atoms with E-state index in [0.29, 0.717) is 423 Å². The molecule has 4 aromatic rings. The van der Waals surface area contributed by atoms with Crippen LogP contribution in [0.5, 0.6) is 11.5 Å². The van der Waals surface area contributed by atoms with Gasteiger partial charge in [-0.05, 0) is 119 Å². The lowest BCUT2D eigenvalue weighted by Crippen LogP contribution is -2.27. The molecule has 0 saturated carbocycles. The monoisotopic (exact) mass is 2000 g/mol. The number of benzene rings is 4. The van der Waals surface area contributed by atoms with Gasteiger partial charge in [-0.15, -0.1) is 0 Å². The third-order valence-electron chi connectivity index (χ3n) is 20.6. The lowest BCUT2D eigenvalue weighted by atomic mass is 9.70. The largest absolute Gasteiger partial charge is 0.494 e. The van der Waals surface area contributed by atoms with Crippen molar-refractivity contribution in [1.29, 1.82) is 0 Å². The summed E-state index contributed by atoms with van der Waals surface area (Å²) < 4.78 is 192. The normalized spacial score (nSPS) is 12.2. The highest BCUT2D eigenvalue weighted by atomic mass is 16.6. The first-order chi connectivity index (χ1) is 69.3. The van der Waals surface area contributed by atoms with Crippen molar-refractivity contribution in [3.63, 3.8) is 0 Å². The van der Waals surface area contributed by atoms with Gasteiger partial charge >= 0.3 is 5.97 Å². The first kappa shape index (κ1) is 125. The molecule has 140 heavy (non-hydrogen) atoms. The Bertz CT molecular complexity index is 3320. The van der Waals surface area contributed by atoms with Crippen molar-refractivity contribution in [3.8, 4) is 44.9 Å². The van der Waals surface area contributed by atoms with E-state index in [2.05, 4.69) is 66.0 Å². The van der Waals surface area contributed by atoms with E-state index in [0.717, 1.165) is 72.3 Å². The van der Waals surface area contributed by atoms with Gasteiger partial charge in [0.25, 0.3) is 0 Å². The van der Waals surface area contributed by atoms with Crippen LogP contribution in [0.1, 0.15) is 63.0 Å². The second-order valence-corrected chi connectivity index (χ2v) is 31.2. The number of hydrogen-bond donors (Lipinski definition) is 2. The van der Waals surface area contributed by atoms with Crippen LogP contribution in [0.2, 0.25) is 0 Å². The van der Waals surface area contributed by atoms with E-state index in [-0.39, 0.29) is 18.9 Å². The van der Waals surface area contributed by atoms with Gasteiger partial charge in [-0.1, -0.05) is 48.5 Å². The Hall–Kier alpha value is -5.86. The average molecular weight is 2000 g/mol. The molecule has 1 amide bonds. The van der Waals surface area contributed by atoms with Crippen LogP contribution in [-0.4, -0.2) is 461 Å². The maximum absolute atomic E-state index is 11.4. The Morgan fingerprint density at radius 1 is 0.229 bits per heavy atom. The van der Waals surface area contributed by atoms with E-state index in [4.69, 9.17) is 166 Å². The van der Waals surface area contributed by atoms with Gasteiger partial charge in [-0.25, -0.2) is 0 Å². The summed E-state index contributed by atoms with van der Waals surface area (Å²) in [6.45, 7) is 31.7. The van der Waals surface area contributed by atoms with E-state index in [1.54, 1.807) is 14.2 Å². The molecule has 0 spiro atoms. The molecule has 38 nitrogen and oxygen atoms in total. The molecular weight excluding hydrogens is 1830 g/mol. The van der Waals surface area contributed by atoms with Gasteiger partial charge < -0.3 is 171 Å². The molecule has 0 aliphatic heterocycles. The quantitative estimate of drug-likeness (QED) is 0.0390. The second-order valence-electron chi connectivity index (χ2n) is 31.2. The fourth-order valence-electron chi connectivity index (χ4n) is 13.5. The predicted octanol–water partition coefficient (Wildman–Crippen LogP) is 8.79. The Morgan fingerprint density at radius 2 is 0.429 bits per heavy atom. The molecule has 2 N–H and O–H groups in total. The minimum Gasteiger partial charge on any atom is -0.494 e. The van der Waals surface area contributed by atoms with Crippen LogP contribution < -0.4 is 14.8 Å². The van der Waals surface area contributed by atoms with Crippen LogP contribution in [-0.2, 0) is 167 Å². The summed E-state index contributed by atoms with van der Waals surface area (Å²) in [5.41, 5.74) is 8.87. The smallest absolute Gasteiger partial charge is 0.305 e. The number of hydrogen-bond acceptors (Lipinski definition) is 36. The molecule has 38 heteroatoms. The highest BCUT2D eigenvalue weighted by Gasteiger charge is 2.43. The summed E-state index contributed by atoms with van der Waals surface area (Å²) in [7, 11) is 3.29. The summed E-state index contributed by atoms with van der Waals surface area (Å²) in [5, 5.41) is 11.5. The zero-order valence-electron chi connectivity index (χ0n) is 84.1. The zero-order valence-corrected chi connectivity index (χ0v) is 84.1. The molecule has 0 unspecified atom stereocenters. The molecule has 1 aliphatic carbocycles. The van der Waals surface area contributed by atoms with Gasteiger partial charge in [0.05, 0.1) is 409 Å². The van der Waals surface area contributed by atoms with Crippen LogP contribution in [0.4, 0.5) is 0 Å². The first-order valence-corrected chi connectivity index (χ1v) is 49.9. The number of rotatable bonds is 110. The molecule has 804 valence electrons. The lowest BCUT2D eigenvalue weighted by Gasteiger charge is -2.33. The summed E-state index contributed by atoms with van der Waals surface area (Å²) in [5.74, 6) is 0.610. The summed E-state index contributed by atoms with van der Waals surface area (Å²) in [6, 6.07) is 30.4. The maximum atomic E-state index is 11.4. The van der Waals surface area contributed by atoms with Crippen LogP contribution in [0.15, 0.2) is 84.9 Å². The molecule has 0 bridgehead atoms. The molecule has 4 aromatic carbocycles. The minimum atomic E-state index is -0.888. The fourth-order valence-corrected chi connectivity index (χ4v) is 13.5. The van der Waals surface area contributed by atoms with Crippen molar-refractivity contribution in [2.45, 2.75) is 57.3 Å². The molecule has 5 rings (SSSR count). The predicted molar refractivity (Wildman–Crippen MR) is 521 cm³/mol. The number of carboxylic acid groups (broad SMARTS) is 1. The Morgan fingerprint density at radius 3 is 0.650 bits per heavy atom. The van der Waals surface area contributed by atoms with Gasteiger partial charge in [0.15, 0.2) is 0 Å². The molecular formula is C102H169NO37. The van der Waals surface area contributed by atoms with Crippen molar-refractivity contribution in [2.75, 3.05) is 444 Å². The molecule has 1 aliphatic rings. The number of carbonyl (C=O) groups excluding carboxylic acids is 1. The van der Waals surface area contributed by atoms with E-state index >= 15 is 0 Å². The minimum absolute atomic E-state index is 0.0237. The molecule has 0 aromatic heterocycles. The van der Waals surface area contributed by atoms with Crippen LogP contribution >= 0.6 is 0 Å². The highest BCUT2D eigenvalue weighted by molar-refractivity contribution is 5.86. The van der Waals surface area contributed by atoms with Gasteiger partial charge in [0, 0.05) is 46.3 Å². The second kappa shape index (κ2) is 94.1. The summed E-state index contributed by atoms with van der Waals surface area (Å²) in [4.78, 5) is 21.9. The number of fused-ring (bicyclic) bond motifs is 3. The average Bonchev–Trinajstić information content (AvgIpc) is 1.56. The number of amides is 1. The SMILES string of the molecule is COCCOCCOCCOCCOCCOCCOCCOCCOCCOCCOCCOCCCC1(CCCOCCOCCOCCOCCOCCOCCOCCOCCOCCOCCOCCOC)c2cc(-c3ccc(OCCCCNC(C)=O)cc3)ccc2-c2ccc(-c3ccc(OCCOCCOCCOCCOCCOCCOCCOCCOCCC(=O)O)cc3)cc21. The standard InChI is InChI=1S/C102H169NO37/c1-90(104)103-23-4-5-26-139-95-14-8-91(9-15-95)93-12-18-97-98-19-13-94(92-10-16-96(17-11-92)140-87-86-138-85-84-137-83-82-136-81-80-135-67-64-126-57-54-121-47-44-116-37-34-111-27-20-101(105)106)89-100(98)102(99(97)88-93,21-6-24-109-32-35-114-42-45-119-52-55-124-62-65-129-72-74-133-78-76-131-70-68-127-60-58-122-50-48-117-40-38-112-30-28-107-2)22-7-25-110-33-36-115-43-46-120-53-56-125-63-66-130-73-75-134-79-77-132-71-69-128-61-59-123-51-49-118-41-39-113-31-29-108-3/h8-19,88-89H,4-7,20-87H2,1-3H3,(H,103,104)(H,105,106). The molecule has 0 atom stereocenters. The van der Waals surface area contributed by atoms with Crippen LogP contribution in [0.3, 0.4) is 0 Å². The summed E-state index contributed by atoms with van der Waals surface area (Å²) in [6.07, 6.45) is 4.81. The van der Waals surface area contributed by atoms with Crippen molar-refractivity contribution < 1.29 is 176 Å². The Kier molecular flexibility index (Phi) is 83.8. The molecule has 0 saturated heterocycles. The maximum Gasteiger partial charge on any atom is 0.305 e. The number of aliphatic carboxylic acids is 1. The Balaban J connectivity index is 1.03. The summed E-state index contributed by atoms with van der Waals surface area (Å²) >= 11 is 0. The van der Waals surface area contributed by atoms with Gasteiger partial charge in [-0.3, -0.25) is 9.59 Å². The van der Waals surface area contributed by atoms with Crippen molar-refractivity contribution >= 4 is 11.9 Å². The number of methoxy groups -OCH3 is 2. The van der Waals surface area contributed by atoms with Crippen LogP contribution in [0.25, 0.3) is 33.4 Å². The molecule has 0 fully saturated rings. The number of ether oxygens (including phenoxy) is 34. The lowest BCUT2D eigenvalue weighted by molar-refractivity contribution is -0.138. The fraction of sp³-hybridized carbons (Fsp3) is 0.745.